The van der Waals surface area contributed by atoms with Crippen LogP contribution in [0.3, 0.4) is 0 Å². The molecule has 0 bridgehead atoms. The highest BCUT2D eigenvalue weighted by atomic mass is 32.1. The van der Waals surface area contributed by atoms with Gasteiger partial charge in [-0.2, -0.15) is 5.10 Å². The lowest BCUT2D eigenvalue weighted by molar-refractivity contribution is -0.274. The highest BCUT2D eigenvalue weighted by Gasteiger charge is 2.31. The summed E-state index contributed by atoms with van der Waals surface area (Å²) < 4.78 is 53.8. The molecule has 0 saturated carbocycles. The summed E-state index contributed by atoms with van der Waals surface area (Å²) in [7, 11) is 0. The van der Waals surface area contributed by atoms with Gasteiger partial charge in [0.1, 0.15) is 29.3 Å². The monoisotopic (exact) mass is 570 g/mol. The van der Waals surface area contributed by atoms with Crippen molar-refractivity contribution in [3.05, 3.63) is 78.6 Å². The molecule has 4 aromatic rings. The maximum absolute atomic E-state index is 12.4. The Labute approximate surface area is 233 Å². The molecule has 2 N–H and O–H groups in total. The maximum atomic E-state index is 12.4. The topological polar surface area (TPSA) is 94.8 Å². The average molecular weight is 571 g/mol. The Morgan fingerprint density at radius 3 is 2.23 bits per heavy atom. The summed E-state index contributed by atoms with van der Waals surface area (Å²) in [4.78, 5) is 4.29. The summed E-state index contributed by atoms with van der Waals surface area (Å²) in [6, 6.07) is 18.1. The lowest BCUT2D eigenvalue weighted by Gasteiger charge is -2.16. The zero-order valence-electron chi connectivity index (χ0n) is 21.5. The second-order valence-corrected chi connectivity index (χ2v) is 8.40. The van der Waals surface area contributed by atoms with Crippen LogP contribution in [-0.2, 0) is 0 Å². The Hall–Kier alpha value is -4.65. The molecule has 0 atom stereocenters. The third-order valence-corrected chi connectivity index (χ3v) is 5.39. The fourth-order valence-corrected chi connectivity index (χ4v) is 3.69. The fraction of sp³-hybridized carbons (Fsp3) is 0.185. The van der Waals surface area contributed by atoms with Gasteiger partial charge in [-0.15, -0.1) is 18.3 Å². The van der Waals surface area contributed by atoms with Gasteiger partial charge < -0.3 is 19.5 Å². The van der Waals surface area contributed by atoms with Crippen molar-refractivity contribution in [3.63, 3.8) is 0 Å². The molecule has 3 aromatic carbocycles. The first kappa shape index (κ1) is 28.4. The van der Waals surface area contributed by atoms with Crippen LogP contribution < -0.4 is 25.0 Å². The van der Waals surface area contributed by atoms with Gasteiger partial charge in [0.2, 0.25) is 0 Å². The average Bonchev–Trinajstić information content (AvgIpc) is 3.41. The number of hydrazone groups is 1. The predicted octanol–water partition coefficient (Wildman–Crippen LogP) is 5.95. The van der Waals surface area contributed by atoms with Crippen LogP contribution in [0.15, 0.2) is 78.2 Å². The van der Waals surface area contributed by atoms with Crippen molar-refractivity contribution in [3.8, 4) is 34.3 Å². The number of hydrogen-bond acceptors (Lipinski definition) is 7. The van der Waals surface area contributed by atoms with Gasteiger partial charge in [0.25, 0.3) is 0 Å². The molecule has 13 heteroatoms. The van der Waals surface area contributed by atoms with Gasteiger partial charge >= 0.3 is 6.36 Å². The number of nitrogens with zero attached hydrogens (tertiary/aromatic N) is 4. The zero-order valence-corrected chi connectivity index (χ0v) is 22.3. The van der Waals surface area contributed by atoms with Crippen LogP contribution in [0.25, 0.3) is 17.1 Å². The molecule has 0 amide bonds. The van der Waals surface area contributed by atoms with Gasteiger partial charge in [-0.25, -0.2) is 9.67 Å². The molecule has 1 aromatic heterocycles. The minimum absolute atomic E-state index is 0.258. The minimum Gasteiger partial charge on any atom is -0.492 e. The van der Waals surface area contributed by atoms with Gasteiger partial charge in [0.05, 0.1) is 25.1 Å². The van der Waals surface area contributed by atoms with E-state index in [0.29, 0.717) is 41.9 Å². The molecule has 0 fully saturated rings. The van der Waals surface area contributed by atoms with Crippen LogP contribution in [0.2, 0.25) is 0 Å². The lowest BCUT2D eigenvalue weighted by Crippen LogP contribution is -2.24. The number of halogens is 3. The molecule has 0 aliphatic heterocycles. The number of aromatic nitrogens is 3. The molecule has 208 valence electrons. The Bertz CT molecular complexity index is 1430. The Morgan fingerprint density at radius 1 is 0.975 bits per heavy atom. The van der Waals surface area contributed by atoms with Gasteiger partial charge in [0, 0.05) is 5.56 Å². The number of benzene rings is 3. The Kier molecular flexibility index (Phi) is 9.17. The molecule has 0 unspecified atom stereocenters. The van der Waals surface area contributed by atoms with Gasteiger partial charge in [0.15, 0.2) is 10.9 Å². The van der Waals surface area contributed by atoms with E-state index in [4.69, 9.17) is 21.7 Å². The molecular weight excluding hydrogens is 545 g/mol. The van der Waals surface area contributed by atoms with Gasteiger partial charge in [-0.3, -0.25) is 5.43 Å². The first-order valence-corrected chi connectivity index (χ1v) is 12.5. The van der Waals surface area contributed by atoms with Crippen molar-refractivity contribution in [2.45, 2.75) is 20.2 Å². The summed E-state index contributed by atoms with van der Waals surface area (Å²) >= 11 is 5.37. The normalized spacial score (nSPS) is 11.3. The van der Waals surface area contributed by atoms with Crippen molar-refractivity contribution < 1.29 is 27.4 Å². The molecule has 0 aliphatic rings. The number of hydrogen-bond donors (Lipinski definition) is 2. The number of para-hydroxylation sites is 1. The van der Waals surface area contributed by atoms with Crippen molar-refractivity contribution >= 4 is 29.2 Å². The van der Waals surface area contributed by atoms with Gasteiger partial charge in [-0.05, 0) is 68.0 Å². The van der Waals surface area contributed by atoms with E-state index < -0.39 is 6.36 Å². The van der Waals surface area contributed by atoms with Crippen LogP contribution in [-0.4, -0.2) is 45.7 Å². The summed E-state index contributed by atoms with van der Waals surface area (Å²) in [5.74, 6) is 1.35. The van der Waals surface area contributed by atoms with E-state index in [9.17, 15) is 13.2 Å². The molecule has 0 spiro atoms. The molecule has 0 radical (unpaired) electrons. The predicted molar refractivity (Wildman–Crippen MR) is 149 cm³/mol. The number of ether oxygens (including phenoxy) is 3. The quantitative estimate of drug-likeness (QED) is 0.137. The highest BCUT2D eigenvalue weighted by Crippen LogP contribution is 2.34. The number of thiocarbonyl (C=S) groups is 1. The summed E-state index contributed by atoms with van der Waals surface area (Å²) in [6.07, 6.45) is -1.67. The second kappa shape index (κ2) is 12.9. The highest BCUT2D eigenvalue weighted by molar-refractivity contribution is 7.80. The maximum Gasteiger partial charge on any atom is 0.573 e. The molecule has 9 nitrogen and oxygen atoms in total. The summed E-state index contributed by atoms with van der Waals surface area (Å²) in [5, 5.41) is 11.9. The molecule has 4 rings (SSSR count). The van der Waals surface area contributed by atoms with Crippen LogP contribution in [0.1, 0.15) is 19.4 Å². The van der Waals surface area contributed by atoms with E-state index in [2.05, 4.69) is 30.7 Å². The molecule has 1 heterocycles. The summed E-state index contributed by atoms with van der Waals surface area (Å²) in [6.45, 7) is 4.76. The van der Waals surface area contributed by atoms with Crippen molar-refractivity contribution in [2.24, 2.45) is 5.10 Å². The minimum atomic E-state index is -4.75. The zero-order chi connectivity index (χ0) is 28.5. The number of rotatable bonds is 10. The van der Waals surface area contributed by atoms with E-state index in [-0.39, 0.29) is 10.9 Å². The first-order chi connectivity index (χ1) is 19.3. The first-order valence-electron chi connectivity index (χ1n) is 12.1. The Morgan fingerprint density at radius 2 is 1.62 bits per heavy atom. The lowest BCUT2D eigenvalue weighted by atomic mass is 10.1. The van der Waals surface area contributed by atoms with E-state index in [1.807, 2.05) is 56.3 Å². The number of nitrogens with one attached hydrogen (secondary N) is 2. The van der Waals surface area contributed by atoms with E-state index >= 15 is 0 Å². The van der Waals surface area contributed by atoms with E-state index in [1.54, 1.807) is 6.21 Å². The van der Waals surface area contributed by atoms with Crippen LogP contribution >= 0.6 is 12.2 Å². The smallest absolute Gasteiger partial charge is 0.492 e. The largest absolute Gasteiger partial charge is 0.573 e. The van der Waals surface area contributed by atoms with E-state index in [0.717, 1.165) is 11.1 Å². The van der Waals surface area contributed by atoms with Gasteiger partial charge in [-0.1, -0.05) is 30.3 Å². The summed E-state index contributed by atoms with van der Waals surface area (Å²) in [5.41, 5.74) is 5.47. The van der Waals surface area contributed by atoms with Crippen LogP contribution in [0, 0.1) is 0 Å². The number of alkyl halides is 3. The third-order valence-electron chi connectivity index (χ3n) is 5.20. The van der Waals surface area contributed by atoms with Crippen molar-refractivity contribution in [1.82, 2.24) is 20.2 Å². The van der Waals surface area contributed by atoms with E-state index in [1.165, 1.54) is 35.3 Å². The Balaban J connectivity index is 1.36. The van der Waals surface area contributed by atoms with Crippen LogP contribution in [0.5, 0.6) is 17.2 Å². The standard InChI is InChI=1S/C27H25F3N6O3S/c1-3-37-22-6-5-7-23(38-4-2)24(22)33-26(40)34-32-16-18-8-10-19(11-9-18)25-31-17-36(35-25)20-12-14-21(15-13-20)39-27(28,29)30/h5-17H,3-4H2,1-2H3,(H2,33,34,40). The van der Waals surface area contributed by atoms with Crippen LogP contribution in [0.4, 0.5) is 18.9 Å². The number of anilines is 1. The SMILES string of the molecule is CCOc1cccc(OCC)c1NC(=S)NN=Cc1ccc(-c2ncn(-c3ccc(OC(F)(F)F)cc3)n2)cc1. The van der Waals surface area contributed by atoms with Crippen molar-refractivity contribution in [1.29, 1.82) is 0 Å². The molecule has 40 heavy (non-hydrogen) atoms. The molecule has 0 saturated heterocycles. The van der Waals surface area contributed by atoms with Crippen molar-refractivity contribution in [2.75, 3.05) is 18.5 Å². The fourth-order valence-electron chi connectivity index (χ4n) is 3.53. The third kappa shape index (κ3) is 7.69. The molecule has 0 aliphatic carbocycles. The second-order valence-electron chi connectivity index (χ2n) is 8.00. The molecular formula is C27H25F3N6O3S.